The fourth-order valence-electron chi connectivity index (χ4n) is 2.66. The van der Waals surface area contributed by atoms with Gasteiger partial charge < -0.3 is 10.6 Å². The SMILES string of the molecule is CCCNC(=O)c1ccc(Cl)cc1NC(=O)c1ccc(NS(=O)(=O)c2cccs2)cc1. The van der Waals surface area contributed by atoms with Gasteiger partial charge in [0.05, 0.1) is 11.3 Å². The van der Waals surface area contributed by atoms with Crippen LogP contribution in [0.4, 0.5) is 11.4 Å². The predicted octanol–water partition coefficient (Wildman–Crippen LogP) is 4.59. The smallest absolute Gasteiger partial charge is 0.271 e. The summed E-state index contributed by atoms with van der Waals surface area (Å²) in [5, 5.41) is 7.51. The minimum Gasteiger partial charge on any atom is -0.352 e. The standard InChI is InChI=1S/C21H20ClN3O4S2/c1-2-11-23-21(27)17-10-7-15(22)13-18(17)24-20(26)14-5-8-16(9-6-14)25-31(28,29)19-4-3-12-30-19/h3-10,12-13,25H,2,11H2,1H3,(H,23,27)(H,24,26). The zero-order chi connectivity index (χ0) is 22.4. The van der Waals surface area contributed by atoms with Crippen molar-refractivity contribution in [3.05, 3.63) is 76.1 Å². The van der Waals surface area contributed by atoms with Gasteiger partial charge in [-0.25, -0.2) is 8.42 Å². The number of rotatable bonds is 8. The molecule has 3 N–H and O–H groups in total. The summed E-state index contributed by atoms with van der Waals surface area (Å²) in [7, 11) is -3.67. The van der Waals surface area contributed by atoms with Gasteiger partial charge in [-0.05, 0) is 60.3 Å². The monoisotopic (exact) mass is 477 g/mol. The average molecular weight is 478 g/mol. The summed E-state index contributed by atoms with van der Waals surface area (Å²) in [6.07, 6.45) is 0.781. The van der Waals surface area contributed by atoms with Crippen LogP contribution in [0.15, 0.2) is 64.2 Å². The number of anilines is 2. The van der Waals surface area contributed by atoms with E-state index in [1.165, 1.54) is 36.4 Å². The van der Waals surface area contributed by atoms with Crippen molar-refractivity contribution in [2.75, 3.05) is 16.6 Å². The predicted molar refractivity (Wildman–Crippen MR) is 124 cm³/mol. The summed E-state index contributed by atoms with van der Waals surface area (Å²) >= 11 is 7.14. The van der Waals surface area contributed by atoms with Gasteiger partial charge in [0.2, 0.25) is 0 Å². The van der Waals surface area contributed by atoms with Gasteiger partial charge in [-0.15, -0.1) is 11.3 Å². The van der Waals surface area contributed by atoms with E-state index >= 15 is 0 Å². The first kappa shape index (κ1) is 22.8. The third-order valence-electron chi connectivity index (χ3n) is 4.17. The summed E-state index contributed by atoms with van der Waals surface area (Å²) in [6.45, 7) is 2.45. The molecule has 0 aliphatic heterocycles. The lowest BCUT2D eigenvalue weighted by Gasteiger charge is -2.12. The lowest BCUT2D eigenvalue weighted by molar-refractivity contribution is 0.0954. The molecule has 0 radical (unpaired) electrons. The molecule has 2 amide bonds. The van der Waals surface area contributed by atoms with Crippen LogP contribution in [0.25, 0.3) is 0 Å². The summed E-state index contributed by atoms with van der Waals surface area (Å²) in [4.78, 5) is 25.0. The molecule has 1 heterocycles. The quantitative estimate of drug-likeness (QED) is 0.441. The van der Waals surface area contributed by atoms with Gasteiger partial charge >= 0.3 is 0 Å². The van der Waals surface area contributed by atoms with Crippen LogP contribution < -0.4 is 15.4 Å². The summed E-state index contributed by atoms with van der Waals surface area (Å²) in [5.41, 5.74) is 1.20. The second-order valence-corrected chi connectivity index (χ2v) is 9.81. The van der Waals surface area contributed by atoms with E-state index in [2.05, 4.69) is 15.4 Å². The minimum absolute atomic E-state index is 0.198. The van der Waals surface area contributed by atoms with E-state index in [1.807, 2.05) is 6.92 Å². The van der Waals surface area contributed by atoms with Gasteiger partial charge in [-0.1, -0.05) is 24.6 Å². The molecule has 3 rings (SSSR count). The molecule has 0 aliphatic carbocycles. The third-order valence-corrected chi connectivity index (χ3v) is 7.18. The molecule has 0 aliphatic rings. The average Bonchev–Trinajstić information content (AvgIpc) is 3.28. The van der Waals surface area contributed by atoms with Crippen LogP contribution in [-0.2, 0) is 10.0 Å². The number of sulfonamides is 1. The third kappa shape index (κ3) is 5.84. The maximum atomic E-state index is 12.7. The Bertz CT molecular complexity index is 1180. The molecule has 2 aromatic carbocycles. The number of hydrogen-bond acceptors (Lipinski definition) is 5. The molecule has 0 spiro atoms. The molecule has 1 aromatic heterocycles. The minimum atomic E-state index is -3.67. The van der Waals surface area contributed by atoms with Gasteiger partial charge in [0.25, 0.3) is 21.8 Å². The zero-order valence-electron chi connectivity index (χ0n) is 16.5. The van der Waals surface area contributed by atoms with Gasteiger partial charge in [0.15, 0.2) is 0 Å². The number of halogens is 1. The molecular weight excluding hydrogens is 458 g/mol. The van der Waals surface area contributed by atoms with Crippen molar-refractivity contribution < 1.29 is 18.0 Å². The molecule has 10 heteroatoms. The number of carbonyl (C=O) groups excluding carboxylic acids is 2. The second-order valence-electron chi connectivity index (χ2n) is 6.51. The summed E-state index contributed by atoms with van der Waals surface area (Å²) in [5.74, 6) is -0.772. The number of amides is 2. The molecule has 0 unspecified atom stereocenters. The second kappa shape index (κ2) is 9.95. The van der Waals surface area contributed by atoms with Crippen LogP contribution in [0.2, 0.25) is 5.02 Å². The lowest BCUT2D eigenvalue weighted by Crippen LogP contribution is -2.25. The molecule has 0 fully saturated rings. The molecular formula is C21H20ClN3O4S2. The van der Waals surface area contributed by atoms with Crippen LogP contribution in [0.5, 0.6) is 0 Å². The van der Waals surface area contributed by atoms with Gasteiger partial charge in [0, 0.05) is 22.8 Å². The Kier molecular flexibility index (Phi) is 7.32. The highest BCUT2D eigenvalue weighted by Gasteiger charge is 2.17. The number of benzene rings is 2. The van der Waals surface area contributed by atoms with E-state index < -0.39 is 15.9 Å². The van der Waals surface area contributed by atoms with E-state index in [-0.39, 0.29) is 15.8 Å². The van der Waals surface area contributed by atoms with Gasteiger partial charge in [0.1, 0.15) is 4.21 Å². The maximum Gasteiger partial charge on any atom is 0.271 e. The van der Waals surface area contributed by atoms with Crippen LogP contribution in [0.1, 0.15) is 34.1 Å². The van der Waals surface area contributed by atoms with Crippen LogP contribution in [0.3, 0.4) is 0 Å². The highest BCUT2D eigenvalue weighted by atomic mass is 35.5. The topological polar surface area (TPSA) is 104 Å². The van der Waals surface area contributed by atoms with E-state index in [0.717, 1.165) is 17.8 Å². The molecule has 0 atom stereocenters. The van der Waals surface area contributed by atoms with E-state index in [4.69, 9.17) is 11.6 Å². The largest absolute Gasteiger partial charge is 0.352 e. The van der Waals surface area contributed by atoms with E-state index in [9.17, 15) is 18.0 Å². The highest BCUT2D eigenvalue weighted by Crippen LogP contribution is 2.23. The molecule has 0 saturated carbocycles. The van der Waals surface area contributed by atoms with Crippen molar-refractivity contribution >= 4 is 56.2 Å². The number of thiophene rings is 1. The Labute approximate surface area is 189 Å². The molecule has 31 heavy (non-hydrogen) atoms. The maximum absolute atomic E-state index is 12.7. The number of carbonyl (C=O) groups is 2. The van der Waals surface area contributed by atoms with Crippen molar-refractivity contribution in [3.63, 3.8) is 0 Å². The van der Waals surface area contributed by atoms with Crippen molar-refractivity contribution in [2.45, 2.75) is 17.6 Å². The Morgan fingerprint density at radius 3 is 2.42 bits per heavy atom. The van der Waals surface area contributed by atoms with Gasteiger partial charge in [-0.3, -0.25) is 14.3 Å². The van der Waals surface area contributed by atoms with Crippen molar-refractivity contribution in [1.29, 1.82) is 0 Å². The first-order chi connectivity index (χ1) is 14.8. The number of nitrogens with one attached hydrogen (secondary N) is 3. The van der Waals surface area contributed by atoms with Crippen LogP contribution in [0, 0.1) is 0 Å². The first-order valence-corrected chi connectivity index (χ1v) is 12.1. The van der Waals surface area contributed by atoms with E-state index in [1.54, 1.807) is 23.6 Å². The normalized spacial score (nSPS) is 11.0. The van der Waals surface area contributed by atoms with E-state index in [0.29, 0.717) is 28.4 Å². The molecule has 0 saturated heterocycles. The highest BCUT2D eigenvalue weighted by molar-refractivity contribution is 7.94. The Hall–Kier alpha value is -2.88. The lowest BCUT2D eigenvalue weighted by atomic mass is 10.1. The Morgan fingerprint density at radius 1 is 1.03 bits per heavy atom. The van der Waals surface area contributed by atoms with Gasteiger partial charge in [-0.2, -0.15) is 0 Å². The molecule has 3 aromatic rings. The fourth-order valence-corrected chi connectivity index (χ4v) is 4.88. The first-order valence-electron chi connectivity index (χ1n) is 9.35. The summed E-state index contributed by atoms with van der Waals surface area (Å²) < 4.78 is 27.3. The number of hydrogen-bond donors (Lipinski definition) is 3. The van der Waals surface area contributed by atoms with Crippen molar-refractivity contribution in [3.8, 4) is 0 Å². The van der Waals surface area contributed by atoms with Crippen molar-refractivity contribution in [2.24, 2.45) is 0 Å². The molecule has 0 bridgehead atoms. The Morgan fingerprint density at radius 2 is 1.77 bits per heavy atom. The summed E-state index contributed by atoms with van der Waals surface area (Å²) in [6, 6.07) is 13.8. The fraction of sp³-hybridized carbons (Fsp3) is 0.143. The van der Waals surface area contributed by atoms with Crippen LogP contribution >= 0.6 is 22.9 Å². The van der Waals surface area contributed by atoms with Crippen molar-refractivity contribution in [1.82, 2.24) is 5.32 Å². The van der Waals surface area contributed by atoms with Crippen LogP contribution in [-0.4, -0.2) is 26.8 Å². The Balaban J connectivity index is 1.74. The zero-order valence-corrected chi connectivity index (χ0v) is 18.9. The molecule has 162 valence electrons. The molecule has 7 nitrogen and oxygen atoms in total.